The highest BCUT2D eigenvalue weighted by molar-refractivity contribution is 7.98. The van der Waals surface area contributed by atoms with E-state index in [2.05, 4.69) is 4.98 Å². The average molecular weight is 200 g/mol. The Morgan fingerprint density at radius 2 is 2.46 bits per heavy atom. The van der Waals surface area contributed by atoms with Crippen molar-refractivity contribution in [3.63, 3.8) is 0 Å². The van der Waals surface area contributed by atoms with Crippen molar-refractivity contribution >= 4 is 11.8 Å². The lowest BCUT2D eigenvalue weighted by molar-refractivity contribution is 0.168. The van der Waals surface area contributed by atoms with E-state index >= 15 is 0 Å². The highest BCUT2D eigenvalue weighted by atomic mass is 32.2. The van der Waals surface area contributed by atoms with Gasteiger partial charge in [0.15, 0.2) is 0 Å². The molecule has 1 unspecified atom stereocenters. The van der Waals surface area contributed by atoms with Crippen molar-refractivity contribution < 1.29 is 5.11 Å². The van der Waals surface area contributed by atoms with Gasteiger partial charge in [-0.15, -0.1) is 0 Å². The van der Waals surface area contributed by atoms with Crippen LogP contribution in [0.15, 0.2) is 12.4 Å². The summed E-state index contributed by atoms with van der Waals surface area (Å²) < 4.78 is 1.95. The number of hydrogen-bond acceptors (Lipinski definition) is 3. The van der Waals surface area contributed by atoms with Crippen LogP contribution in [0, 0.1) is 0 Å². The van der Waals surface area contributed by atoms with Crippen LogP contribution >= 0.6 is 11.8 Å². The number of imidazole rings is 1. The monoisotopic (exact) mass is 200 g/mol. The van der Waals surface area contributed by atoms with Crippen LogP contribution in [0.3, 0.4) is 0 Å². The van der Waals surface area contributed by atoms with Crippen LogP contribution < -0.4 is 0 Å². The molecular formula is C9H16N2OS. The van der Waals surface area contributed by atoms with Gasteiger partial charge in [-0.25, -0.2) is 4.98 Å². The van der Waals surface area contributed by atoms with Crippen molar-refractivity contribution in [2.75, 3.05) is 12.0 Å². The molecule has 0 saturated carbocycles. The molecule has 13 heavy (non-hydrogen) atoms. The Kier molecular flexibility index (Phi) is 4.32. The Labute approximate surface area is 83.2 Å². The zero-order valence-electron chi connectivity index (χ0n) is 8.10. The molecule has 0 radical (unpaired) electrons. The molecule has 1 N–H and O–H groups in total. The molecule has 1 aromatic heterocycles. The van der Waals surface area contributed by atoms with Gasteiger partial charge in [0.25, 0.3) is 0 Å². The van der Waals surface area contributed by atoms with E-state index in [-0.39, 0.29) is 6.10 Å². The summed E-state index contributed by atoms with van der Waals surface area (Å²) in [5.41, 5.74) is 0. The number of aryl methyl sites for hydroxylation is 1. The fourth-order valence-corrected chi connectivity index (χ4v) is 1.67. The van der Waals surface area contributed by atoms with Crippen molar-refractivity contribution in [3.05, 3.63) is 18.2 Å². The maximum Gasteiger partial charge on any atom is 0.110 e. The largest absolute Gasteiger partial charge is 0.393 e. The summed E-state index contributed by atoms with van der Waals surface area (Å²) in [7, 11) is 1.95. The minimum Gasteiger partial charge on any atom is -0.393 e. The number of nitrogens with zero attached hydrogens (tertiary/aromatic N) is 2. The van der Waals surface area contributed by atoms with Crippen LogP contribution in [0.5, 0.6) is 0 Å². The predicted octanol–water partition coefficient (Wildman–Crippen LogP) is 1.08. The fraction of sp³-hybridized carbons (Fsp3) is 0.667. The Hall–Kier alpha value is -0.480. The number of aromatic nitrogens is 2. The van der Waals surface area contributed by atoms with Crippen LogP contribution in [-0.4, -0.2) is 32.8 Å². The molecule has 1 heterocycles. The van der Waals surface area contributed by atoms with Crippen LogP contribution in [0.4, 0.5) is 0 Å². The molecule has 0 aliphatic carbocycles. The molecular weight excluding hydrogens is 184 g/mol. The second-order valence-corrected chi connectivity index (χ2v) is 4.08. The van der Waals surface area contributed by atoms with Gasteiger partial charge < -0.3 is 9.67 Å². The lowest BCUT2D eigenvalue weighted by Gasteiger charge is -2.08. The summed E-state index contributed by atoms with van der Waals surface area (Å²) in [5, 5.41) is 9.61. The molecule has 0 spiro atoms. The van der Waals surface area contributed by atoms with E-state index in [1.54, 1.807) is 18.0 Å². The third-order valence-corrected chi connectivity index (χ3v) is 2.64. The summed E-state index contributed by atoms with van der Waals surface area (Å²) in [4.78, 5) is 4.16. The van der Waals surface area contributed by atoms with Gasteiger partial charge in [-0.2, -0.15) is 11.8 Å². The number of hydrogen-bond donors (Lipinski definition) is 1. The van der Waals surface area contributed by atoms with Crippen LogP contribution in [0.2, 0.25) is 0 Å². The summed E-state index contributed by atoms with van der Waals surface area (Å²) in [6.45, 7) is 0. The van der Waals surface area contributed by atoms with Gasteiger partial charge in [0.2, 0.25) is 0 Å². The van der Waals surface area contributed by atoms with Crippen molar-refractivity contribution in [2.45, 2.75) is 18.9 Å². The van der Waals surface area contributed by atoms with Crippen molar-refractivity contribution in [2.24, 2.45) is 7.05 Å². The SMILES string of the molecule is CSCCC(O)Cc1nccn1C. The first kappa shape index (κ1) is 10.6. The second kappa shape index (κ2) is 5.29. The summed E-state index contributed by atoms with van der Waals surface area (Å²) in [6, 6.07) is 0. The van der Waals surface area contributed by atoms with E-state index in [9.17, 15) is 5.11 Å². The zero-order valence-corrected chi connectivity index (χ0v) is 8.92. The Bertz CT molecular complexity index is 250. The predicted molar refractivity (Wildman–Crippen MR) is 55.9 cm³/mol. The van der Waals surface area contributed by atoms with Crippen LogP contribution in [0.25, 0.3) is 0 Å². The first-order valence-electron chi connectivity index (χ1n) is 4.37. The molecule has 74 valence electrons. The van der Waals surface area contributed by atoms with E-state index in [4.69, 9.17) is 0 Å². The standard InChI is InChI=1S/C9H16N2OS/c1-11-5-4-10-9(11)7-8(12)3-6-13-2/h4-5,8,12H,3,6-7H2,1-2H3. The first-order valence-corrected chi connectivity index (χ1v) is 5.76. The minimum absolute atomic E-state index is 0.256. The number of rotatable bonds is 5. The van der Waals surface area contributed by atoms with Gasteiger partial charge in [0.05, 0.1) is 6.10 Å². The lowest BCUT2D eigenvalue weighted by atomic mass is 10.2. The van der Waals surface area contributed by atoms with E-state index in [1.807, 2.05) is 24.1 Å². The van der Waals surface area contributed by atoms with E-state index in [1.165, 1.54) is 0 Å². The van der Waals surface area contributed by atoms with Crippen LogP contribution in [-0.2, 0) is 13.5 Å². The Morgan fingerprint density at radius 1 is 1.69 bits per heavy atom. The molecule has 4 heteroatoms. The minimum atomic E-state index is -0.256. The van der Waals surface area contributed by atoms with Gasteiger partial charge in [-0.1, -0.05) is 0 Å². The third kappa shape index (κ3) is 3.40. The van der Waals surface area contributed by atoms with Crippen molar-refractivity contribution in [3.8, 4) is 0 Å². The fourth-order valence-electron chi connectivity index (χ4n) is 1.16. The molecule has 1 aromatic rings. The molecule has 0 bridgehead atoms. The summed E-state index contributed by atoms with van der Waals surface area (Å²) in [5.74, 6) is 1.96. The number of aliphatic hydroxyl groups is 1. The highest BCUT2D eigenvalue weighted by Gasteiger charge is 2.07. The Morgan fingerprint density at radius 3 is 3.00 bits per heavy atom. The maximum absolute atomic E-state index is 9.61. The van der Waals surface area contributed by atoms with Gasteiger partial charge in [-0.05, 0) is 18.4 Å². The van der Waals surface area contributed by atoms with Gasteiger partial charge in [0, 0.05) is 25.9 Å². The quantitative estimate of drug-likeness (QED) is 0.773. The molecule has 0 amide bonds. The Balaban J connectivity index is 2.36. The topological polar surface area (TPSA) is 38.1 Å². The molecule has 0 aliphatic rings. The van der Waals surface area contributed by atoms with Gasteiger partial charge in [-0.3, -0.25) is 0 Å². The smallest absolute Gasteiger partial charge is 0.110 e. The van der Waals surface area contributed by atoms with E-state index in [0.29, 0.717) is 6.42 Å². The molecule has 0 saturated heterocycles. The molecule has 1 rings (SSSR count). The third-order valence-electron chi connectivity index (χ3n) is 1.99. The molecule has 1 atom stereocenters. The molecule has 0 aliphatic heterocycles. The zero-order chi connectivity index (χ0) is 9.68. The normalized spacial score (nSPS) is 13.2. The number of aliphatic hydroxyl groups excluding tert-OH is 1. The molecule has 3 nitrogen and oxygen atoms in total. The summed E-state index contributed by atoms with van der Waals surface area (Å²) in [6.07, 6.45) is 6.95. The second-order valence-electron chi connectivity index (χ2n) is 3.09. The van der Waals surface area contributed by atoms with E-state index < -0.39 is 0 Å². The molecule has 0 fully saturated rings. The maximum atomic E-state index is 9.61. The van der Waals surface area contributed by atoms with Crippen molar-refractivity contribution in [1.29, 1.82) is 0 Å². The average Bonchev–Trinajstić information content (AvgIpc) is 2.48. The van der Waals surface area contributed by atoms with Crippen molar-refractivity contribution in [1.82, 2.24) is 9.55 Å². The van der Waals surface area contributed by atoms with Gasteiger partial charge in [0.1, 0.15) is 5.82 Å². The lowest BCUT2D eigenvalue weighted by Crippen LogP contribution is -2.14. The first-order chi connectivity index (χ1) is 6.24. The number of thioether (sulfide) groups is 1. The molecule has 0 aromatic carbocycles. The van der Waals surface area contributed by atoms with Gasteiger partial charge >= 0.3 is 0 Å². The van der Waals surface area contributed by atoms with Crippen LogP contribution in [0.1, 0.15) is 12.2 Å². The summed E-state index contributed by atoms with van der Waals surface area (Å²) >= 11 is 1.76. The highest BCUT2D eigenvalue weighted by Crippen LogP contribution is 2.06. The van der Waals surface area contributed by atoms with E-state index in [0.717, 1.165) is 18.0 Å².